The van der Waals surface area contributed by atoms with E-state index in [2.05, 4.69) is 5.32 Å². The molecule has 0 saturated carbocycles. The molecule has 0 bridgehead atoms. The molecule has 0 amide bonds. The van der Waals surface area contributed by atoms with Crippen LogP contribution in [0.4, 0.5) is 21.5 Å². The van der Waals surface area contributed by atoms with E-state index in [1.54, 1.807) is 0 Å². The number of halogens is 2. The van der Waals surface area contributed by atoms with Crippen LogP contribution >= 0.6 is 11.6 Å². The van der Waals surface area contributed by atoms with Gasteiger partial charge in [0.25, 0.3) is 5.69 Å². The van der Waals surface area contributed by atoms with Gasteiger partial charge in [0.05, 0.1) is 16.2 Å². The van der Waals surface area contributed by atoms with Crippen molar-refractivity contribution in [3.05, 3.63) is 62.9 Å². The molecule has 0 aliphatic carbocycles. The highest BCUT2D eigenvalue weighted by Gasteiger charge is 2.11. The summed E-state index contributed by atoms with van der Waals surface area (Å²) in [7, 11) is 0. The van der Waals surface area contributed by atoms with Crippen molar-refractivity contribution in [3.63, 3.8) is 0 Å². The van der Waals surface area contributed by atoms with E-state index in [1.165, 1.54) is 24.3 Å². The Kier molecular flexibility index (Phi) is 3.82. The van der Waals surface area contributed by atoms with Crippen LogP contribution in [-0.2, 0) is 0 Å². The summed E-state index contributed by atoms with van der Waals surface area (Å²) < 4.78 is 13.2. The van der Waals surface area contributed by atoms with E-state index < -0.39 is 10.7 Å². The number of hydrogen-bond donors (Lipinski definition) is 1. The van der Waals surface area contributed by atoms with Crippen molar-refractivity contribution in [2.45, 2.75) is 0 Å². The first-order valence-corrected chi connectivity index (χ1v) is 5.79. The molecular formula is C13H7ClFN3O2. The standard InChI is InChI=1S/C13H7ClFN3O2/c14-9-4-10(15)6-11(5-9)17-13-2-1-12(18(19)20)3-8(13)7-16/h1-6,17H. The van der Waals surface area contributed by atoms with Crippen molar-refractivity contribution >= 4 is 28.7 Å². The Morgan fingerprint density at radius 2 is 2.05 bits per heavy atom. The molecule has 0 heterocycles. The van der Waals surface area contributed by atoms with E-state index >= 15 is 0 Å². The van der Waals surface area contributed by atoms with Crippen molar-refractivity contribution in [1.29, 1.82) is 5.26 Å². The van der Waals surface area contributed by atoms with Crippen LogP contribution in [0.25, 0.3) is 0 Å². The van der Waals surface area contributed by atoms with Gasteiger partial charge in [0.2, 0.25) is 0 Å². The summed E-state index contributed by atoms with van der Waals surface area (Å²) in [6.45, 7) is 0. The van der Waals surface area contributed by atoms with E-state index in [9.17, 15) is 14.5 Å². The minimum atomic E-state index is -0.594. The first kappa shape index (κ1) is 13.8. The lowest BCUT2D eigenvalue weighted by molar-refractivity contribution is -0.384. The lowest BCUT2D eigenvalue weighted by atomic mass is 10.1. The summed E-state index contributed by atoms with van der Waals surface area (Å²) in [5, 5.41) is 22.6. The summed E-state index contributed by atoms with van der Waals surface area (Å²) >= 11 is 5.72. The van der Waals surface area contributed by atoms with E-state index in [4.69, 9.17) is 16.9 Å². The molecule has 0 fully saturated rings. The molecule has 0 spiro atoms. The maximum atomic E-state index is 13.2. The molecular weight excluding hydrogens is 285 g/mol. The predicted octanol–water partition coefficient (Wildman–Crippen LogP) is 4.00. The highest BCUT2D eigenvalue weighted by molar-refractivity contribution is 6.30. The van der Waals surface area contributed by atoms with Gasteiger partial charge in [-0.1, -0.05) is 11.6 Å². The molecule has 0 aromatic heterocycles. The van der Waals surface area contributed by atoms with Gasteiger partial charge >= 0.3 is 0 Å². The third-order valence-corrected chi connectivity index (χ3v) is 2.69. The molecule has 2 rings (SSSR count). The number of nitro groups is 1. The molecule has 20 heavy (non-hydrogen) atoms. The predicted molar refractivity (Wildman–Crippen MR) is 72.5 cm³/mol. The van der Waals surface area contributed by atoms with Crippen LogP contribution in [-0.4, -0.2) is 4.92 Å². The van der Waals surface area contributed by atoms with Gasteiger partial charge in [-0.2, -0.15) is 5.26 Å². The average molecular weight is 292 g/mol. The lowest BCUT2D eigenvalue weighted by Gasteiger charge is -2.08. The molecule has 2 aromatic carbocycles. The normalized spacial score (nSPS) is 9.85. The maximum Gasteiger partial charge on any atom is 0.270 e. The van der Waals surface area contributed by atoms with E-state index in [0.29, 0.717) is 11.4 Å². The molecule has 5 nitrogen and oxygen atoms in total. The highest BCUT2D eigenvalue weighted by atomic mass is 35.5. The minimum absolute atomic E-state index is 0.0829. The van der Waals surface area contributed by atoms with Gasteiger partial charge in [0, 0.05) is 22.8 Å². The Bertz CT molecular complexity index is 708. The number of nitrogens with zero attached hydrogens (tertiary/aromatic N) is 2. The van der Waals surface area contributed by atoms with Gasteiger partial charge in [0.1, 0.15) is 11.9 Å². The fraction of sp³-hybridized carbons (Fsp3) is 0. The fourth-order valence-corrected chi connectivity index (χ4v) is 1.85. The molecule has 0 unspecified atom stereocenters. The van der Waals surface area contributed by atoms with Crippen molar-refractivity contribution < 1.29 is 9.31 Å². The van der Waals surface area contributed by atoms with Crippen molar-refractivity contribution in [2.24, 2.45) is 0 Å². The van der Waals surface area contributed by atoms with Gasteiger partial charge in [0.15, 0.2) is 0 Å². The van der Waals surface area contributed by atoms with Gasteiger partial charge in [-0.25, -0.2) is 4.39 Å². The number of benzene rings is 2. The maximum absolute atomic E-state index is 13.2. The van der Waals surface area contributed by atoms with Crippen molar-refractivity contribution in [1.82, 2.24) is 0 Å². The van der Waals surface area contributed by atoms with Crippen molar-refractivity contribution in [2.75, 3.05) is 5.32 Å². The van der Waals surface area contributed by atoms with Crippen LogP contribution in [0.15, 0.2) is 36.4 Å². The largest absolute Gasteiger partial charge is 0.354 e. The summed E-state index contributed by atoms with van der Waals surface area (Å²) in [5.41, 5.74) is 0.573. The zero-order chi connectivity index (χ0) is 14.7. The molecule has 1 N–H and O–H groups in total. The molecule has 0 atom stereocenters. The van der Waals surface area contributed by atoms with Gasteiger partial charge in [-0.3, -0.25) is 10.1 Å². The Labute approximate surface area is 118 Å². The number of rotatable bonds is 3. The second-order valence-electron chi connectivity index (χ2n) is 3.88. The molecule has 0 aliphatic heterocycles. The van der Waals surface area contributed by atoms with E-state index in [1.807, 2.05) is 6.07 Å². The van der Waals surface area contributed by atoms with Crippen LogP contribution in [0.2, 0.25) is 5.02 Å². The van der Waals surface area contributed by atoms with Crippen LogP contribution in [0.3, 0.4) is 0 Å². The topological polar surface area (TPSA) is 79.0 Å². The Balaban J connectivity index is 2.38. The van der Waals surface area contributed by atoms with Gasteiger partial charge in [-0.05, 0) is 24.3 Å². The number of nitriles is 1. The second-order valence-corrected chi connectivity index (χ2v) is 4.32. The molecule has 7 heteroatoms. The van der Waals surface area contributed by atoms with Crippen LogP contribution in [0.5, 0.6) is 0 Å². The molecule has 0 radical (unpaired) electrons. The van der Waals surface area contributed by atoms with Crippen molar-refractivity contribution in [3.8, 4) is 6.07 Å². The van der Waals surface area contributed by atoms with Crippen LogP contribution < -0.4 is 5.32 Å². The molecule has 0 saturated heterocycles. The molecule has 100 valence electrons. The quantitative estimate of drug-likeness (QED) is 0.684. The molecule has 2 aromatic rings. The fourth-order valence-electron chi connectivity index (χ4n) is 1.63. The minimum Gasteiger partial charge on any atom is -0.354 e. The first-order chi connectivity index (χ1) is 9.49. The monoisotopic (exact) mass is 291 g/mol. The Morgan fingerprint density at radius 1 is 1.30 bits per heavy atom. The van der Waals surface area contributed by atoms with Crippen LogP contribution in [0.1, 0.15) is 5.56 Å². The van der Waals surface area contributed by atoms with Crippen LogP contribution in [0, 0.1) is 27.3 Å². The zero-order valence-corrected chi connectivity index (χ0v) is 10.7. The third kappa shape index (κ3) is 3.02. The summed E-state index contributed by atoms with van der Waals surface area (Å²) in [6.07, 6.45) is 0. The van der Waals surface area contributed by atoms with E-state index in [0.717, 1.165) is 12.1 Å². The summed E-state index contributed by atoms with van der Waals surface area (Å²) in [4.78, 5) is 10.0. The third-order valence-electron chi connectivity index (χ3n) is 2.48. The van der Waals surface area contributed by atoms with Gasteiger partial charge in [-0.15, -0.1) is 0 Å². The number of hydrogen-bond acceptors (Lipinski definition) is 4. The second kappa shape index (κ2) is 5.55. The number of non-ortho nitro benzene ring substituents is 1. The van der Waals surface area contributed by atoms with Gasteiger partial charge < -0.3 is 5.32 Å². The number of anilines is 2. The average Bonchev–Trinajstić information content (AvgIpc) is 2.37. The number of nitrogens with one attached hydrogen (secondary N) is 1. The first-order valence-electron chi connectivity index (χ1n) is 5.41. The molecule has 0 aliphatic rings. The number of nitro benzene ring substituents is 1. The summed E-state index contributed by atoms with van der Waals surface area (Å²) in [5.74, 6) is -0.527. The smallest absolute Gasteiger partial charge is 0.270 e. The Hall–Kier alpha value is -2.65. The zero-order valence-electron chi connectivity index (χ0n) is 9.93. The SMILES string of the molecule is N#Cc1cc([N+](=O)[O-])ccc1Nc1cc(F)cc(Cl)c1. The highest BCUT2D eigenvalue weighted by Crippen LogP contribution is 2.26. The Morgan fingerprint density at radius 3 is 2.65 bits per heavy atom. The summed E-state index contributed by atoms with van der Waals surface area (Å²) in [6, 6.07) is 9.46. The lowest BCUT2D eigenvalue weighted by Crippen LogP contribution is -1.96. The van der Waals surface area contributed by atoms with E-state index in [-0.39, 0.29) is 16.3 Å².